The standard InChI is InChI=1S/C29H30F8O3S/c1-3-4-5-6-19-7-10-22(18(2)15-19)23-16-20-8-9-21(17-24(20)40-25(23)39)41-14-12-27(32,33)29(36,37)28(34,35)26(30,31)11-13-38/h7-10,15-17,38H,3-6,11-14H2,1-2H3. The van der Waals surface area contributed by atoms with Crippen LogP contribution in [0.1, 0.15) is 50.2 Å². The Morgan fingerprint density at radius 2 is 1.49 bits per heavy atom. The van der Waals surface area contributed by atoms with Gasteiger partial charge in [-0.3, -0.25) is 0 Å². The van der Waals surface area contributed by atoms with Crippen molar-refractivity contribution >= 4 is 22.7 Å². The van der Waals surface area contributed by atoms with Crippen molar-refractivity contribution in [1.82, 2.24) is 0 Å². The highest BCUT2D eigenvalue weighted by Gasteiger charge is 2.79. The van der Waals surface area contributed by atoms with Gasteiger partial charge in [0.2, 0.25) is 0 Å². The van der Waals surface area contributed by atoms with E-state index in [1.165, 1.54) is 18.2 Å². The molecule has 1 aromatic heterocycles. The predicted molar refractivity (Wildman–Crippen MR) is 143 cm³/mol. The summed E-state index contributed by atoms with van der Waals surface area (Å²) in [6.07, 6.45) is 0.248. The molecule has 3 rings (SSSR count). The van der Waals surface area contributed by atoms with Crippen molar-refractivity contribution in [1.29, 1.82) is 0 Å². The lowest BCUT2D eigenvalue weighted by molar-refractivity contribution is -0.367. The summed E-state index contributed by atoms with van der Waals surface area (Å²) in [7, 11) is 0. The van der Waals surface area contributed by atoms with Crippen molar-refractivity contribution in [3.05, 3.63) is 64.0 Å². The number of alkyl halides is 8. The van der Waals surface area contributed by atoms with Gasteiger partial charge in [0, 0.05) is 35.5 Å². The SMILES string of the molecule is CCCCCc1ccc(-c2cc3ccc(SCCC(F)(F)C(F)(F)C(F)(F)C(F)(F)CCO)cc3oc2=O)c(C)c1. The molecule has 0 fully saturated rings. The minimum Gasteiger partial charge on any atom is -0.422 e. The Morgan fingerprint density at radius 3 is 2.10 bits per heavy atom. The molecule has 3 nitrogen and oxygen atoms in total. The Labute approximate surface area is 235 Å². The minimum atomic E-state index is -6.39. The van der Waals surface area contributed by atoms with Crippen LogP contribution >= 0.6 is 11.8 Å². The maximum absolute atomic E-state index is 14.1. The molecule has 0 spiro atoms. The lowest BCUT2D eigenvalue weighted by Crippen LogP contribution is -2.62. The molecule has 12 heteroatoms. The van der Waals surface area contributed by atoms with E-state index in [2.05, 4.69) is 6.92 Å². The van der Waals surface area contributed by atoms with Gasteiger partial charge in [-0.2, -0.15) is 35.1 Å². The van der Waals surface area contributed by atoms with Crippen molar-refractivity contribution in [2.75, 3.05) is 12.4 Å². The van der Waals surface area contributed by atoms with E-state index in [0.29, 0.717) is 28.3 Å². The number of hydrogen-bond donors (Lipinski definition) is 1. The van der Waals surface area contributed by atoms with Crippen molar-refractivity contribution in [2.24, 2.45) is 0 Å². The zero-order valence-electron chi connectivity index (χ0n) is 22.4. The average molecular weight is 611 g/mol. The van der Waals surface area contributed by atoms with Crippen LogP contribution in [0.3, 0.4) is 0 Å². The van der Waals surface area contributed by atoms with E-state index >= 15 is 0 Å². The second-order valence-corrected chi connectivity index (χ2v) is 11.1. The molecule has 0 aliphatic rings. The van der Waals surface area contributed by atoms with Gasteiger partial charge in [0.25, 0.3) is 0 Å². The molecule has 0 unspecified atom stereocenters. The number of hydrogen-bond acceptors (Lipinski definition) is 4. The highest BCUT2D eigenvalue weighted by Crippen LogP contribution is 2.54. The van der Waals surface area contributed by atoms with Gasteiger partial charge in [0.1, 0.15) is 5.58 Å². The molecular weight excluding hydrogens is 580 g/mol. The molecule has 3 aromatic rings. The fraction of sp³-hybridized carbons (Fsp3) is 0.483. The summed E-state index contributed by atoms with van der Waals surface area (Å²) in [4.78, 5) is 13.0. The molecule has 0 saturated heterocycles. The summed E-state index contributed by atoms with van der Waals surface area (Å²) in [5.74, 6) is -24.6. The third kappa shape index (κ3) is 6.90. The van der Waals surface area contributed by atoms with Gasteiger partial charge < -0.3 is 9.52 Å². The fourth-order valence-corrected chi connectivity index (χ4v) is 5.29. The van der Waals surface area contributed by atoms with E-state index in [1.54, 1.807) is 6.07 Å². The third-order valence-electron chi connectivity index (χ3n) is 6.78. The smallest absolute Gasteiger partial charge is 0.378 e. The van der Waals surface area contributed by atoms with E-state index in [1.807, 2.05) is 25.1 Å². The van der Waals surface area contributed by atoms with Gasteiger partial charge in [-0.05, 0) is 54.7 Å². The van der Waals surface area contributed by atoms with Crippen LogP contribution in [0.4, 0.5) is 35.1 Å². The number of halogens is 8. The topological polar surface area (TPSA) is 50.4 Å². The van der Waals surface area contributed by atoms with Gasteiger partial charge >= 0.3 is 29.3 Å². The first-order valence-corrected chi connectivity index (χ1v) is 14.0. The van der Waals surface area contributed by atoms with Gasteiger partial charge in [0.15, 0.2) is 0 Å². The zero-order valence-corrected chi connectivity index (χ0v) is 23.2. The van der Waals surface area contributed by atoms with Crippen LogP contribution in [-0.4, -0.2) is 41.2 Å². The van der Waals surface area contributed by atoms with Crippen LogP contribution in [0.5, 0.6) is 0 Å². The summed E-state index contributed by atoms with van der Waals surface area (Å²) in [6, 6.07) is 11.7. The van der Waals surface area contributed by atoms with E-state index in [9.17, 15) is 39.9 Å². The normalized spacial score (nSPS) is 13.2. The first-order valence-electron chi connectivity index (χ1n) is 13.0. The van der Waals surface area contributed by atoms with Crippen LogP contribution in [0, 0.1) is 6.92 Å². The van der Waals surface area contributed by atoms with Crippen LogP contribution < -0.4 is 5.63 Å². The second-order valence-electron chi connectivity index (χ2n) is 9.88. The monoisotopic (exact) mass is 610 g/mol. The molecule has 1 heterocycles. The molecule has 0 amide bonds. The number of thioether (sulfide) groups is 1. The largest absolute Gasteiger partial charge is 0.422 e. The van der Waals surface area contributed by atoms with Crippen molar-refractivity contribution in [3.8, 4) is 11.1 Å². The molecule has 0 aliphatic heterocycles. The Balaban J connectivity index is 1.75. The maximum atomic E-state index is 14.1. The molecule has 0 atom stereocenters. The Morgan fingerprint density at radius 1 is 0.829 bits per heavy atom. The third-order valence-corrected chi connectivity index (χ3v) is 7.78. The number of unbranched alkanes of at least 4 members (excludes halogenated alkanes) is 2. The van der Waals surface area contributed by atoms with Crippen LogP contribution in [-0.2, 0) is 6.42 Å². The van der Waals surface area contributed by atoms with Crippen molar-refractivity contribution in [3.63, 3.8) is 0 Å². The first kappa shape index (κ1) is 32.9. The molecule has 0 saturated carbocycles. The van der Waals surface area contributed by atoms with Gasteiger partial charge in [-0.1, -0.05) is 44.0 Å². The van der Waals surface area contributed by atoms with Gasteiger partial charge in [-0.25, -0.2) is 4.79 Å². The number of fused-ring (bicyclic) bond motifs is 1. The summed E-state index contributed by atoms with van der Waals surface area (Å²) >= 11 is 0.577. The van der Waals surface area contributed by atoms with Crippen LogP contribution in [0.15, 0.2) is 56.6 Å². The summed E-state index contributed by atoms with van der Waals surface area (Å²) < 4.78 is 116. The van der Waals surface area contributed by atoms with Gasteiger partial charge in [-0.15, -0.1) is 11.8 Å². The van der Waals surface area contributed by atoms with Crippen molar-refractivity contribution in [2.45, 2.75) is 81.0 Å². The Kier molecular flexibility index (Phi) is 10.2. The number of aryl methyl sites for hydroxylation is 2. The first-order chi connectivity index (χ1) is 19.1. The molecule has 41 heavy (non-hydrogen) atoms. The Bertz CT molecular complexity index is 1400. The number of rotatable bonds is 14. The summed E-state index contributed by atoms with van der Waals surface area (Å²) in [6.45, 7) is 2.41. The highest BCUT2D eigenvalue weighted by atomic mass is 32.2. The van der Waals surface area contributed by atoms with Gasteiger partial charge in [0.05, 0.1) is 5.56 Å². The fourth-order valence-electron chi connectivity index (χ4n) is 4.34. The number of aliphatic hydroxyl groups is 1. The molecule has 0 bridgehead atoms. The van der Waals surface area contributed by atoms with E-state index in [4.69, 9.17) is 9.52 Å². The Hall–Kier alpha value is -2.60. The lowest BCUT2D eigenvalue weighted by atomic mass is 9.95. The molecule has 0 radical (unpaired) electrons. The molecule has 1 N–H and O–H groups in total. The second kappa shape index (κ2) is 12.7. The molecule has 2 aromatic carbocycles. The van der Waals surface area contributed by atoms with E-state index in [-0.39, 0.29) is 10.5 Å². The molecule has 226 valence electrons. The van der Waals surface area contributed by atoms with E-state index in [0.717, 1.165) is 36.8 Å². The van der Waals surface area contributed by atoms with Crippen LogP contribution in [0.2, 0.25) is 0 Å². The van der Waals surface area contributed by atoms with E-state index < -0.39 is 54.5 Å². The predicted octanol–water partition coefficient (Wildman–Crippen LogP) is 8.91. The quantitative estimate of drug-likeness (QED) is 0.0857. The average Bonchev–Trinajstić information content (AvgIpc) is 2.88. The number of benzene rings is 2. The van der Waals surface area contributed by atoms with Crippen LogP contribution in [0.25, 0.3) is 22.1 Å². The molecular formula is C29H30F8O3S. The zero-order chi connectivity index (χ0) is 30.6. The highest BCUT2D eigenvalue weighted by molar-refractivity contribution is 7.99. The summed E-state index contributed by atoms with van der Waals surface area (Å²) in [5.41, 5.74) is 2.47. The number of aliphatic hydroxyl groups excluding tert-OH is 1. The van der Waals surface area contributed by atoms with Crippen molar-refractivity contribution < 1.29 is 44.6 Å². The summed E-state index contributed by atoms with van der Waals surface area (Å²) in [5, 5.41) is 8.94. The minimum absolute atomic E-state index is 0.0878. The lowest BCUT2D eigenvalue weighted by Gasteiger charge is -2.36. The maximum Gasteiger partial charge on any atom is 0.378 e. The molecule has 0 aliphatic carbocycles.